The van der Waals surface area contributed by atoms with Crippen molar-refractivity contribution in [2.75, 3.05) is 7.11 Å². The molecule has 3 nitrogen and oxygen atoms in total. The SMILES string of the molecule is COc1c(C)cc(C(C)CCCC(=O)O)c(C)c1C. The van der Waals surface area contributed by atoms with E-state index in [9.17, 15) is 4.79 Å². The number of methoxy groups -OCH3 is 1. The minimum absolute atomic E-state index is 0.248. The molecular weight excluding hydrogens is 240 g/mol. The molecule has 1 rings (SSSR count). The lowest BCUT2D eigenvalue weighted by molar-refractivity contribution is -0.137. The topological polar surface area (TPSA) is 46.5 Å². The highest BCUT2D eigenvalue weighted by molar-refractivity contribution is 5.66. The molecule has 0 spiro atoms. The van der Waals surface area contributed by atoms with Crippen molar-refractivity contribution in [3.63, 3.8) is 0 Å². The average molecular weight is 264 g/mol. The number of aliphatic carboxylic acids is 1. The smallest absolute Gasteiger partial charge is 0.303 e. The number of hydrogen-bond donors (Lipinski definition) is 1. The zero-order valence-electron chi connectivity index (χ0n) is 12.5. The van der Waals surface area contributed by atoms with E-state index in [1.165, 1.54) is 16.7 Å². The Morgan fingerprint density at radius 2 is 1.95 bits per heavy atom. The van der Waals surface area contributed by atoms with Crippen LogP contribution in [0.5, 0.6) is 5.75 Å². The average Bonchev–Trinajstić information content (AvgIpc) is 2.33. The van der Waals surface area contributed by atoms with Gasteiger partial charge in [0.15, 0.2) is 0 Å². The number of hydrogen-bond acceptors (Lipinski definition) is 2. The molecule has 0 saturated heterocycles. The van der Waals surface area contributed by atoms with Gasteiger partial charge in [0, 0.05) is 6.42 Å². The molecule has 1 unspecified atom stereocenters. The highest BCUT2D eigenvalue weighted by atomic mass is 16.5. The second kappa shape index (κ2) is 6.60. The number of carboxylic acid groups (broad SMARTS) is 1. The van der Waals surface area contributed by atoms with Crippen LogP contribution in [0.3, 0.4) is 0 Å². The van der Waals surface area contributed by atoms with Gasteiger partial charge >= 0.3 is 5.97 Å². The van der Waals surface area contributed by atoms with Crippen molar-refractivity contribution in [3.8, 4) is 5.75 Å². The molecule has 3 heteroatoms. The Kier molecular flexibility index (Phi) is 5.40. The molecule has 0 aliphatic heterocycles. The molecule has 0 heterocycles. The first kappa shape index (κ1) is 15.5. The number of rotatable bonds is 6. The van der Waals surface area contributed by atoms with Crippen molar-refractivity contribution in [1.29, 1.82) is 0 Å². The minimum Gasteiger partial charge on any atom is -0.496 e. The van der Waals surface area contributed by atoms with Crippen molar-refractivity contribution >= 4 is 5.97 Å². The Balaban J connectivity index is 2.91. The maximum Gasteiger partial charge on any atom is 0.303 e. The third-order valence-electron chi connectivity index (χ3n) is 3.83. The van der Waals surface area contributed by atoms with E-state index >= 15 is 0 Å². The molecule has 0 aliphatic carbocycles. The van der Waals surface area contributed by atoms with Crippen molar-refractivity contribution in [2.24, 2.45) is 0 Å². The molecule has 1 aromatic rings. The first-order chi connectivity index (χ1) is 8.88. The Bertz CT molecular complexity index is 464. The molecule has 0 bridgehead atoms. The summed E-state index contributed by atoms with van der Waals surface area (Å²) in [6.45, 7) is 8.41. The van der Waals surface area contributed by atoms with Crippen LogP contribution in [0.1, 0.15) is 54.4 Å². The molecule has 1 aromatic carbocycles. The van der Waals surface area contributed by atoms with Crippen LogP contribution < -0.4 is 4.74 Å². The lowest BCUT2D eigenvalue weighted by Gasteiger charge is -2.20. The van der Waals surface area contributed by atoms with Gasteiger partial charge in [-0.2, -0.15) is 0 Å². The summed E-state index contributed by atoms with van der Waals surface area (Å²) in [7, 11) is 1.70. The second-order valence-corrected chi connectivity index (χ2v) is 5.25. The van der Waals surface area contributed by atoms with Gasteiger partial charge in [-0.25, -0.2) is 0 Å². The Morgan fingerprint density at radius 1 is 1.32 bits per heavy atom. The quantitative estimate of drug-likeness (QED) is 0.845. The van der Waals surface area contributed by atoms with Gasteiger partial charge in [0.1, 0.15) is 5.75 Å². The largest absolute Gasteiger partial charge is 0.496 e. The van der Waals surface area contributed by atoms with E-state index in [1.807, 2.05) is 0 Å². The number of benzene rings is 1. The van der Waals surface area contributed by atoms with E-state index in [0.29, 0.717) is 5.92 Å². The van der Waals surface area contributed by atoms with E-state index in [-0.39, 0.29) is 6.42 Å². The van der Waals surface area contributed by atoms with Crippen LogP contribution in [-0.4, -0.2) is 18.2 Å². The third-order valence-corrected chi connectivity index (χ3v) is 3.83. The van der Waals surface area contributed by atoms with Crippen molar-refractivity contribution in [3.05, 3.63) is 28.3 Å². The first-order valence-electron chi connectivity index (χ1n) is 6.75. The van der Waals surface area contributed by atoms with E-state index in [4.69, 9.17) is 9.84 Å². The summed E-state index contributed by atoms with van der Waals surface area (Å²) in [5.41, 5.74) is 4.89. The van der Waals surface area contributed by atoms with Crippen molar-refractivity contribution in [2.45, 2.75) is 52.9 Å². The second-order valence-electron chi connectivity index (χ2n) is 5.25. The van der Waals surface area contributed by atoms with Gasteiger partial charge < -0.3 is 9.84 Å². The fourth-order valence-electron chi connectivity index (χ4n) is 2.63. The number of aryl methyl sites for hydroxylation is 1. The molecule has 0 radical (unpaired) electrons. The van der Waals surface area contributed by atoms with Crippen LogP contribution in [-0.2, 0) is 4.79 Å². The Hall–Kier alpha value is -1.51. The number of carboxylic acids is 1. The standard InChI is InChI=1S/C16H24O3/c1-10(7-6-8-15(17)18)14-9-11(2)16(19-5)13(4)12(14)3/h9-10H,6-8H2,1-5H3,(H,17,18). The predicted molar refractivity (Wildman–Crippen MR) is 77.1 cm³/mol. The minimum atomic E-state index is -0.717. The van der Waals surface area contributed by atoms with Gasteiger partial charge in [-0.1, -0.05) is 13.0 Å². The van der Waals surface area contributed by atoms with E-state index in [0.717, 1.165) is 24.2 Å². The molecule has 0 aromatic heterocycles. The van der Waals surface area contributed by atoms with E-state index in [1.54, 1.807) is 7.11 Å². The van der Waals surface area contributed by atoms with Crippen LogP contribution in [0.2, 0.25) is 0 Å². The molecule has 0 saturated carbocycles. The Morgan fingerprint density at radius 3 is 2.47 bits per heavy atom. The van der Waals surface area contributed by atoms with Crippen LogP contribution >= 0.6 is 0 Å². The lowest BCUT2D eigenvalue weighted by Crippen LogP contribution is -2.03. The zero-order chi connectivity index (χ0) is 14.6. The monoisotopic (exact) mass is 264 g/mol. The molecule has 19 heavy (non-hydrogen) atoms. The van der Waals surface area contributed by atoms with E-state index in [2.05, 4.69) is 33.8 Å². The number of ether oxygens (including phenoxy) is 1. The molecule has 1 atom stereocenters. The van der Waals surface area contributed by atoms with Gasteiger partial charge in [0.25, 0.3) is 0 Å². The Labute approximate surface area is 115 Å². The fourth-order valence-corrected chi connectivity index (χ4v) is 2.63. The summed E-state index contributed by atoms with van der Waals surface area (Å²) in [6.07, 6.45) is 1.87. The fraction of sp³-hybridized carbons (Fsp3) is 0.562. The third kappa shape index (κ3) is 3.72. The molecule has 0 aliphatic rings. The molecule has 0 amide bonds. The van der Waals surface area contributed by atoms with E-state index < -0.39 is 5.97 Å². The highest BCUT2D eigenvalue weighted by Crippen LogP contribution is 2.33. The van der Waals surface area contributed by atoms with Gasteiger partial charge in [-0.05, 0) is 61.8 Å². The maximum atomic E-state index is 10.6. The summed E-state index contributed by atoms with van der Waals surface area (Å²) in [5, 5.41) is 8.69. The highest BCUT2D eigenvalue weighted by Gasteiger charge is 2.15. The molecule has 0 fully saturated rings. The maximum absolute atomic E-state index is 10.6. The van der Waals surface area contributed by atoms with Crippen LogP contribution in [0.25, 0.3) is 0 Å². The molecule has 1 N–H and O–H groups in total. The summed E-state index contributed by atoms with van der Waals surface area (Å²) in [4.78, 5) is 10.6. The normalized spacial score (nSPS) is 12.3. The van der Waals surface area contributed by atoms with Gasteiger partial charge in [-0.15, -0.1) is 0 Å². The molecule has 106 valence electrons. The molecular formula is C16H24O3. The van der Waals surface area contributed by atoms with Gasteiger partial charge in [0.2, 0.25) is 0 Å². The van der Waals surface area contributed by atoms with Gasteiger partial charge in [-0.3, -0.25) is 4.79 Å². The summed E-state index contributed by atoms with van der Waals surface area (Å²) < 4.78 is 5.43. The number of carbonyl (C=O) groups is 1. The van der Waals surface area contributed by atoms with Gasteiger partial charge in [0.05, 0.1) is 7.11 Å². The zero-order valence-corrected chi connectivity index (χ0v) is 12.5. The summed E-state index contributed by atoms with van der Waals surface area (Å²) in [5.74, 6) is 0.618. The van der Waals surface area contributed by atoms with Crippen molar-refractivity contribution < 1.29 is 14.6 Å². The van der Waals surface area contributed by atoms with Crippen LogP contribution in [0, 0.1) is 20.8 Å². The summed E-state index contributed by atoms with van der Waals surface area (Å²) in [6, 6.07) is 2.17. The first-order valence-corrected chi connectivity index (χ1v) is 6.75. The van der Waals surface area contributed by atoms with Crippen molar-refractivity contribution in [1.82, 2.24) is 0 Å². The van der Waals surface area contributed by atoms with Crippen LogP contribution in [0.4, 0.5) is 0 Å². The van der Waals surface area contributed by atoms with Crippen LogP contribution in [0.15, 0.2) is 6.07 Å². The summed E-state index contributed by atoms with van der Waals surface area (Å²) >= 11 is 0. The lowest BCUT2D eigenvalue weighted by atomic mass is 9.88. The predicted octanol–water partition coefficient (Wildman–Crippen LogP) is 3.98.